The maximum atomic E-state index is 11.9. The molecule has 3 N–H and O–H groups in total. The highest BCUT2D eigenvalue weighted by atomic mass is 16.3. The summed E-state index contributed by atoms with van der Waals surface area (Å²) in [6.07, 6.45) is 0. The van der Waals surface area contributed by atoms with E-state index < -0.39 is 0 Å². The molecule has 0 radical (unpaired) electrons. The fourth-order valence-corrected chi connectivity index (χ4v) is 1.93. The Morgan fingerprint density at radius 1 is 0.952 bits per heavy atom. The van der Waals surface area contributed by atoms with Gasteiger partial charge in [0.25, 0.3) is 0 Å². The number of hydrogen-bond acceptors (Lipinski definition) is 2. The molecule has 0 aliphatic heterocycles. The fraction of sp³-hybridized carbons (Fsp3) is 0.235. The van der Waals surface area contributed by atoms with Crippen LogP contribution in [-0.4, -0.2) is 11.1 Å². The highest BCUT2D eigenvalue weighted by Crippen LogP contribution is 2.23. The summed E-state index contributed by atoms with van der Waals surface area (Å²) in [6.45, 7) is 6.43. The number of aromatic hydroxyl groups is 1. The molecule has 0 saturated heterocycles. The number of rotatable bonds is 2. The average Bonchev–Trinajstić information content (AvgIpc) is 2.38. The first-order chi connectivity index (χ1) is 9.84. The molecule has 4 heteroatoms. The zero-order chi connectivity index (χ0) is 15.5. The summed E-state index contributed by atoms with van der Waals surface area (Å²) in [6, 6.07) is 13.8. The van der Waals surface area contributed by atoms with Crippen molar-refractivity contribution < 1.29 is 9.90 Å². The Morgan fingerprint density at radius 2 is 1.57 bits per heavy atom. The van der Waals surface area contributed by atoms with Gasteiger partial charge in [0.1, 0.15) is 5.75 Å². The number of phenolic OH excluding ortho intramolecular Hbond substituents is 1. The first-order valence-electron chi connectivity index (χ1n) is 6.82. The Bertz CT molecular complexity index is 628. The molecule has 2 aromatic rings. The summed E-state index contributed by atoms with van der Waals surface area (Å²) in [5, 5.41) is 14.8. The molecule has 110 valence electrons. The molecule has 0 unspecified atom stereocenters. The van der Waals surface area contributed by atoms with Gasteiger partial charge in [0, 0.05) is 17.4 Å². The molecule has 21 heavy (non-hydrogen) atoms. The van der Waals surface area contributed by atoms with Crippen LogP contribution in [0.1, 0.15) is 26.3 Å². The minimum absolute atomic E-state index is 0.0857. The monoisotopic (exact) mass is 284 g/mol. The van der Waals surface area contributed by atoms with Gasteiger partial charge in [-0.15, -0.1) is 0 Å². The first kappa shape index (κ1) is 14.9. The van der Waals surface area contributed by atoms with Crippen LogP contribution in [0.4, 0.5) is 16.2 Å². The molecule has 0 atom stereocenters. The van der Waals surface area contributed by atoms with Crippen molar-refractivity contribution in [3.63, 3.8) is 0 Å². The van der Waals surface area contributed by atoms with Gasteiger partial charge in [-0.05, 0) is 35.2 Å². The average molecular weight is 284 g/mol. The van der Waals surface area contributed by atoms with Crippen molar-refractivity contribution in [1.82, 2.24) is 0 Å². The van der Waals surface area contributed by atoms with Crippen molar-refractivity contribution in [2.24, 2.45) is 0 Å². The lowest BCUT2D eigenvalue weighted by Gasteiger charge is -2.19. The topological polar surface area (TPSA) is 61.4 Å². The predicted molar refractivity (Wildman–Crippen MR) is 85.9 cm³/mol. The van der Waals surface area contributed by atoms with Crippen LogP contribution < -0.4 is 10.6 Å². The molecule has 2 rings (SSSR count). The smallest absolute Gasteiger partial charge is 0.323 e. The van der Waals surface area contributed by atoms with Crippen molar-refractivity contribution in [3.05, 3.63) is 54.1 Å². The van der Waals surface area contributed by atoms with E-state index in [1.807, 2.05) is 24.3 Å². The van der Waals surface area contributed by atoms with Gasteiger partial charge in [-0.25, -0.2) is 4.79 Å². The molecule has 0 fully saturated rings. The number of hydrogen-bond donors (Lipinski definition) is 3. The highest BCUT2D eigenvalue weighted by Gasteiger charge is 2.13. The minimum Gasteiger partial charge on any atom is -0.508 e. The van der Waals surface area contributed by atoms with E-state index >= 15 is 0 Å². The van der Waals surface area contributed by atoms with E-state index in [4.69, 9.17) is 0 Å². The molecular weight excluding hydrogens is 264 g/mol. The number of carbonyl (C=O) groups excluding carboxylic acids is 1. The standard InChI is InChI=1S/C17H20N2O2/c1-17(2,3)12-7-9-13(10-8-12)18-16(21)19-14-5-4-6-15(20)11-14/h4-11,20H,1-3H3,(H2,18,19,21). The van der Waals surface area contributed by atoms with Gasteiger partial charge in [-0.3, -0.25) is 0 Å². The van der Waals surface area contributed by atoms with Crippen molar-refractivity contribution in [1.29, 1.82) is 0 Å². The molecule has 2 amide bonds. The Hall–Kier alpha value is -2.49. The summed E-state index contributed by atoms with van der Waals surface area (Å²) < 4.78 is 0. The molecular formula is C17H20N2O2. The maximum Gasteiger partial charge on any atom is 0.323 e. The summed E-state index contributed by atoms with van der Waals surface area (Å²) in [7, 11) is 0. The molecule has 0 saturated carbocycles. The molecule has 0 aliphatic rings. The lowest BCUT2D eigenvalue weighted by atomic mass is 9.87. The van der Waals surface area contributed by atoms with Crippen molar-refractivity contribution in [2.75, 3.05) is 10.6 Å². The second kappa shape index (κ2) is 5.87. The summed E-state index contributed by atoms with van der Waals surface area (Å²) >= 11 is 0. The van der Waals surface area contributed by atoms with E-state index in [1.165, 1.54) is 11.6 Å². The quantitative estimate of drug-likeness (QED) is 0.768. The van der Waals surface area contributed by atoms with E-state index in [1.54, 1.807) is 18.2 Å². The van der Waals surface area contributed by atoms with Crippen LogP contribution in [0.25, 0.3) is 0 Å². The summed E-state index contributed by atoms with van der Waals surface area (Å²) in [5.74, 6) is 0.113. The van der Waals surface area contributed by atoms with Gasteiger partial charge in [-0.1, -0.05) is 39.0 Å². The molecule has 0 bridgehead atoms. The Morgan fingerprint density at radius 3 is 2.14 bits per heavy atom. The summed E-state index contributed by atoms with van der Waals surface area (Å²) in [4.78, 5) is 11.9. The van der Waals surface area contributed by atoms with Crippen LogP contribution in [0, 0.1) is 0 Å². The Labute approximate surface area is 124 Å². The normalized spacial score (nSPS) is 11.0. The SMILES string of the molecule is CC(C)(C)c1ccc(NC(=O)Nc2cccc(O)c2)cc1. The first-order valence-corrected chi connectivity index (χ1v) is 6.82. The third kappa shape index (κ3) is 4.24. The predicted octanol–water partition coefficient (Wildman–Crippen LogP) is 4.33. The van der Waals surface area contributed by atoms with Gasteiger partial charge in [-0.2, -0.15) is 0 Å². The number of benzene rings is 2. The van der Waals surface area contributed by atoms with Gasteiger partial charge in [0.2, 0.25) is 0 Å². The number of anilines is 2. The highest BCUT2D eigenvalue weighted by molar-refractivity contribution is 5.99. The van der Waals surface area contributed by atoms with Gasteiger partial charge in [0.05, 0.1) is 0 Å². The number of phenols is 1. The lowest BCUT2D eigenvalue weighted by molar-refractivity contribution is 0.262. The molecule has 2 aromatic carbocycles. The zero-order valence-corrected chi connectivity index (χ0v) is 12.5. The molecule has 4 nitrogen and oxygen atoms in total. The van der Waals surface area contributed by atoms with E-state index in [0.717, 1.165) is 5.69 Å². The van der Waals surface area contributed by atoms with Gasteiger partial charge >= 0.3 is 6.03 Å². The van der Waals surface area contributed by atoms with Gasteiger partial charge in [0.15, 0.2) is 0 Å². The van der Waals surface area contributed by atoms with Crippen LogP contribution in [0.2, 0.25) is 0 Å². The van der Waals surface area contributed by atoms with Gasteiger partial charge < -0.3 is 15.7 Å². The van der Waals surface area contributed by atoms with E-state index in [0.29, 0.717) is 5.69 Å². The van der Waals surface area contributed by atoms with Crippen LogP contribution in [0.5, 0.6) is 5.75 Å². The van der Waals surface area contributed by atoms with E-state index in [-0.39, 0.29) is 17.2 Å². The van der Waals surface area contributed by atoms with Crippen molar-refractivity contribution in [3.8, 4) is 5.75 Å². The van der Waals surface area contributed by atoms with Crippen LogP contribution in [0.3, 0.4) is 0 Å². The number of carbonyl (C=O) groups is 1. The van der Waals surface area contributed by atoms with Crippen molar-refractivity contribution >= 4 is 17.4 Å². The minimum atomic E-state index is -0.343. The lowest BCUT2D eigenvalue weighted by Crippen LogP contribution is -2.19. The van der Waals surface area contributed by atoms with Crippen molar-refractivity contribution in [2.45, 2.75) is 26.2 Å². The third-order valence-electron chi connectivity index (χ3n) is 3.11. The molecule has 0 aliphatic carbocycles. The molecule has 0 heterocycles. The molecule has 0 aromatic heterocycles. The second-order valence-corrected chi connectivity index (χ2v) is 5.96. The largest absolute Gasteiger partial charge is 0.508 e. The molecule has 0 spiro atoms. The number of amides is 2. The van der Waals surface area contributed by atoms with Crippen LogP contribution in [-0.2, 0) is 5.41 Å². The number of nitrogens with one attached hydrogen (secondary N) is 2. The van der Waals surface area contributed by atoms with Crippen LogP contribution in [0.15, 0.2) is 48.5 Å². The zero-order valence-electron chi connectivity index (χ0n) is 12.5. The third-order valence-corrected chi connectivity index (χ3v) is 3.11. The maximum absolute atomic E-state index is 11.9. The Balaban J connectivity index is 2.00. The van der Waals surface area contributed by atoms with Crippen LogP contribution >= 0.6 is 0 Å². The number of urea groups is 1. The Kier molecular flexibility index (Phi) is 4.17. The van der Waals surface area contributed by atoms with E-state index in [9.17, 15) is 9.90 Å². The second-order valence-electron chi connectivity index (χ2n) is 5.96. The fourth-order valence-electron chi connectivity index (χ4n) is 1.93. The van der Waals surface area contributed by atoms with E-state index in [2.05, 4.69) is 31.4 Å². The summed E-state index contributed by atoms with van der Waals surface area (Å²) in [5.41, 5.74) is 2.56.